The first-order valence-corrected chi connectivity index (χ1v) is 7.90. The average Bonchev–Trinajstić information content (AvgIpc) is 2.53. The molecule has 0 amide bonds. The minimum atomic E-state index is -4.51. The van der Waals surface area contributed by atoms with Crippen LogP contribution in [0.25, 0.3) is 11.0 Å². The number of hydrogen-bond donors (Lipinski definition) is 0. The maximum absolute atomic E-state index is 12.5. The summed E-state index contributed by atoms with van der Waals surface area (Å²) in [6.45, 7) is 0. The summed E-state index contributed by atoms with van der Waals surface area (Å²) < 4.78 is 62.7. The van der Waals surface area contributed by atoms with Crippen LogP contribution in [0.1, 0.15) is 5.56 Å². The molecule has 0 spiro atoms. The first kappa shape index (κ1) is 15.4. The predicted molar refractivity (Wildman–Crippen MR) is 76.4 cm³/mol. The first-order valence-electron chi connectivity index (χ1n) is 6.41. The molecular formula is C15H9F3N2O2S. The van der Waals surface area contributed by atoms with Crippen LogP contribution >= 0.6 is 0 Å². The lowest BCUT2D eigenvalue weighted by Crippen LogP contribution is -2.06. The van der Waals surface area contributed by atoms with E-state index in [4.69, 9.17) is 0 Å². The van der Waals surface area contributed by atoms with Crippen LogP contribution in [0.15, 0.2) is 64.6 Å². The molecule has 0 aliphatic rings. The zero-order valence-corrected chi connectivity index (χ0v) is 12.3. The van der Waals surface area contributed by atoms with Crippen molar-refractivity contribution in [2.24, 2.45) is 0 Å². The van der Waals surface area contributed by atoms with Gasteiger partial charge in [-0.05, 0) is 42.5 Å². The fourth-order valence-electron chi connectivity index (χ4n) is 2.07. The van der Waals surface area contributed by atoms with Gasteiger partial charge >= 0.3 is 6.18 Å². The summed E-state index contributed by atoms with van der Waals surface area (Å²) in [6, 6.07) is 7.57. The van der Waals surface area contributed by atoms with Crippen molar-refractivity contribution >= 4 is 20.9 Å². The maximum Gasteiger partial charge on any atom is 0.416 e. The van der Waals surface area contributed by atoms with Gasteiger partial charge in [-0.15, -0.1) is 0 Å². The molecule has 0 bridgehead atoms. The number of nitrogens with zero attached hydrogens (tertiary/aromatic N) is 2. The molecule has 0 saturated carbocycles. The fraction of sp³-hybridized carbons (Fsp3) is 0.0667. The Labute approximate surface area is 129 Å². The Morgan fingerprint density at radius 2 is 1.35 bits per heavy atom. The van der Waals surface area contributed by atoms with Crippen LogP contribution in [0.3, 0.4) is 0 Å². The lowest BCUT2D eigenvalue weighted by atomic mass is 10.2. The van der Waals surface area contributed by atoms with E-state index < -0.39 is 21.6 Å². The summed E-state index contributed by atoms with van der Waals surface area (Å²) in [4.78, 5) is 7.79. The summed E-state index contributed by atoms with van der Waals surface area (Å²) in [6.07, 6.45) is -1.61. The Kier molecular flexibility index (Phi) is 3.56. The van der Waals surface area contributed by atoms with Crippen molar-refractivity contribution in [1.29, 1.82) is 0 Å². The molecule has 3 aromatic rings. The number of benzene rings is 2. The number of aromatic nitrogens is 2. The van der Waals surface area contributed by atoms with E-state index in [0.29, 0.717) is 11.0 Å². The fourth-order valence-corrected chi connectivity index (χ4v) is 3.35. The quantitative estimate of drug-likeness (QED) is 0.718. The van der Waals surface area contributed by atoms with Gasteiger partial charge in [-0.3, -0.25) is 9.97 Å². The molecular weight excluding hydrogens is 329 g/mol. The maximum atomic E-state index is 12.5. The van der Waals surface area contributed by atoms with Crippen LogP contribution in [-0.2, 0) is 16.0 Å². The van der Waals surface area contributed by atoms with Crippen LogP contribution in [0, 0.1) is 0 Å². The Morgan fingerprint density at radius 1 is 0.783 bits per heavy atom. The molecule has 0 aliphatic carbocycles. The molecule has 4 nitrogen and oxygen atoms in total. The molecule has 3 rings (SSSR count). The van der Waals surface area contributed by atoms with Gasteiger partial charge in [0.15, 0.2) is 0 Å². The molecule has 1 aromatic heterocycles. The van der Waals surface area contributed by atoms with E-state index in [1.54, 1.807) is 0 Å². The second-order valence-electron chi connectivity index (χ2n) is 4.73. The van der Waals surface area contributed by atoms with Crippen LogP contribution in [0.5, 0.6) is 0 Å². The number of halogens is 3. The lowest BCUT2D eigenvalue weighted by molar-refractivity contribution is -0.137. The third-order valence-corrected chi connectivity index (χ3v) is 5.01. The van der Waals surface area contributed by atoms with Crippen molar-refractivity contribution in [3.8, 4) is 0 Å². The SMILES string of the molecule is O=S(=O)(c1ccc(C(F)(F)F)cc1)c1ccc2nccnc2c1. The Morgan fingerprint density at radius 3 is 1.96 bits per heavy atom. The van der Waals surface area contributed by atoms with E-state index in [0.717, 1.165) is 24.3 Å². The summed E-state index contributed by atoms with van der Waals surface area (Å²) in [7, 11) is -3.93. The molecule has 0 unspecified atom stereocenters. The third-order valence-electron chi connectivity index (χ3n) is 3.24. The molecule has 0 saturated heterocycles. The molecule has 118 valence electrons. The Bertz CT molecular complexity index is 968. The molecule has 23 heavy (non-hydrogen) atoms. The standard InChI is InChI=1S/C15H9F3N2O2S/c16-15(17,18)10-1-3-11(4-2-10)23(21,22)12-5-6-13-14(9-12)20-8-7-19-13/h1-9H. The van der Waals surface area contributed by atoms with Gasteiger partial charge in [-0.25, -0.2) is 8.42 Å². The van der Waals surface area contributed by atoms with Gasteiger partial charge in [0.2, 0.25) is 9.84 Å². The molecule has 0 aliphatic heterocycles. The third kappa shape index (κ3) is 2.89. The highest BCUT2D eigenvalue weighted by atomic mass is 32.2. The molecule has 2 aromatic carbocycles. The largest absolute Gasteiger partial charge is 0.416 e. The second-order valence-corrected chi connectivity index (χ2v) is 6.68. The predicted octanol–water partition coefficient (Wildman–Crippen LogP) is 3.48. The van der Waals surface area contributed by atoms with E-state index in [-0.39, 0.29) is 9.79 Å². The number of hydrogen-bond acceptors (Lipinski definition) is 4. The summed E-state index contributed by atoms with van der Waals surface area (Å²) in [5.41, 5.74) is 0.0141. The van der Waals surface area contributed by atoms with E-state index in [2.05, 4.69) is 9.97 Å². The minimum Gasteiger partial charge on any atom is -0.253 e. The molecule has 8 heteroatoms. The van der Waals surface area contributed by atoms with Crippen LogP contribution in [-0.4, -0.2) is 18.4 Å². The summed E-state index contributed by atoms with van der Waals surface area (Å²) >= 11 is 0. The van der Waals surface area contributed by atoms with E-state index in [9.17, 15) is 21.6 Å². The highest BCUT2D eigenvalue weighted by Gasteiger charge is 2.30. The summed E-state index contributed by atoms with van der Waals surface area (Å²) in [5.74, 6) is 0. The number of alkyl halides is 3. The van der Waals surface area contributed by atoms with Gasteiger partial charge in [0.1, 0.15) is 0 Å². The topological polar surface area (TPSA) is 59.9 Å². The van der Waals surface area contributed by atoms with Gasteiger partial charge in [-0.1, -0.05) is 0 Å². The monoisotopic (exact) mass is 338 g/mol. The molecule has 0 atom stereocenters. The van der Waals surface area contributed by atoms with Gasteiger partial charge in [0, 0.05) is 12.4 Å². The molecule has 0 N–H and O–H groups in total. The van der Waals surface area contributed by atoms with Crippen molar-refractivity contribution < 1.29 is 21.6 Å². The number of rotatable bonds is 2. The van der Waals surface area contributed by atoms with Crippen LogP contribution in [0.2, 0.25) is 0 Å². The van der Waals surface area contributed by atoms with Gasteiger partial charge < -0.3 is 0 Å². The van der Waals surface area contributed by atoms with Crippen molar-refractivity contribution in [2.75, 3.05) is 0 Å². The average molecular weight is 338 g/mol. The lowest BCUT2D eigenvalue weighted by Gasteiger charge is -2.09. The normalized spacial score (nSPS) is 12.5. The van der Waals surface area contributed by atoms with Crippen LogP contribution in [0.4, 0.5) is 13.2 Å². The van der Waals surface area contributed by atoms with Crippen molar-refractivity contribution in [1.82, 2.24) is 9.97 Å². The highest BCUT2D eigenvalue weighted by Crippen LogP contribution is 2.31. The minimum absolute atomic E-state index is 0.0507. The first-order chi connectivity index (χ1) is 10.8. The van der Waals surface area contributed by atoms with Crippen molar-refractivity contribution in [3.63, 3.8) is 0 Å². The summed E-state index contributed by atoms with van der Waals surface area (Å²) in [5, 5.41) is 0. The van der Waals surface area contributed by atoms with Crippen molar-refractivity contribution in [3.05, 3.63) is 60.4 Å². The Balaban J connectivity index is 2.06. The van der Waals surface area contributed by atoms with Crippen LogP contribution < -0.4 is 0 Å². The Hall–Kier alpha value is -2.48. The molecule has 1 heterocycles. The van der Waals surface area contributed by atoms with Crippen molar-refractivity contribution in [2.45, 2.75) is 16.0 Å². The van der Waals surface area contributed by atoms with E-state index in [1.165, 1.54) is 30.6 Å². The van der Waals surface area contributed by atoms with Gasteiger partial charge in [0.25, 0.3) is 0 Å². The van der Waals surface area contributed by atoms with Gasteiger partial charge in [-0.2, -0.15) is 13.2 Å². The second kappa shape index (κ2) is 5.31. The molecule has 0 radical (unpaired) electrons. The zero-order chi connectivity index (χ0) is 16.7. The molecule has 0 fully saturated rings. The number of sulfone groups is 1. The highest BCUT2D eigenvalue weighted by molar-refractivity contribution is 7.91. The van der Waals surface area contributed by atoms with E-state index in [1.807, 2.05) is 0 Å². The zero-order valence-electron chi connectivity index (χ0n) is 11.4. The van der Waals surface area contributed by atoms with Gasteiger partial charge in [0.05, 0.1) is 26.4 Å². The van der Waals surface area contributed by atoms with E-state index >= 15 is 0 Å². The number of fused-ring (bicyclic) bond motifs is 1. The smallest absolute Gasteiger partial charge is 0.253 e.